The van der Waals surface area contributed by atoms with Gasteiger partial charge in [0.1, 0.15) is 0 Å². The van der Waals surface area contributed by atoms with Crippen LogP contribution in [0.25, 0.3) is 0 Å². The fraction of sp³-hybridized carbons (Fsp3) is 0.700. The molecule has 2 fully saturated rings. The molecule has 1 aromatic rings. The molecule has 1 aliphatic heterocycles. The van der Waals surface area contributed by atoms with Crippen molar-refractivity contribution in [2.24, 2.45) is 0 Å². The molecule has 140 valence electrons. The molecule has 2 aliphatic rings. The van der Waals surface area contributed by atoms with Crippen molar-refractivity contribution in [3.8, 4) is 0 Å². The highest BCUT2D eigenvalue weighted by Gasteiger charge is 2.29. The molecule has 0 radical (unpaired) electrons. The third kappa shape index (κ3) is 4.89. The summed E-state index contributed by atoms with van der Waals surface area (Å²) in [6.45, 7) is 7.44. The average Bonchev–Trinajstić information content (AvgIpc) is 2.61. The van der Waals surface area contributed by atoms with Gasteiger partial charge in [0.25, 0.3) is 0 Å². The van der Waals surface area contributed by atoms with Gasteiger partial charge in [0, 0.05) is 36.3 Å². The van der Waals surface area contributed by atoms with Gasteiger partial charge in [-0.2, -0.15) is 0 Å². The smallest absolute Gasteiger partial charge is 0.0579 e. The Labute approximate surface area is 160 Å². The number of hydrogen-bond acceptors (Lipinski definition) is 4. The molecule has 0 aromatic heterocycles. The number of piperidine rings is 1. The molecular weight excluding hydrogens is 378 g/mol. The van der Waals surface area contributed by atoms with E-state index in [2.05, 4.69) is 46.1 Å². The lowest BCUT2D eigenvalue weighted by Gasteiger charge is -2.41. The standard InChI is InChI=1S/C20H32BrN3O/c1-3-25-17-6-4-16(5-7-17)24-10-8-15(9-11-24)23-20-12-14(2)18(21)13-19(20)22/h12-13,15-17,23H,3-11,22H2,1-2H3/t16-,17-. The Morgan fingerprint density at radius 1 is 1.16 bits per heavy atom. The number of likely N-dealkylation sites (tertiary alicyclic amines) is 1. The van der Waals surface area contributed by atoms with Gasteiger partial charge in [-0.25, -0.2) is 0 Å². The van der Waals surface area contributed by atoms with Crippen LogP contribution in [0.1, 0.15) is 51.0 Å². The minimum Gasteiger partial charge on any atom is -0.397 e. The molecule has 3 rings (SSSR count). The summed E-state index contributed by atoms with van der Waals surface area (Å²) in [7, 11) is 0. The third-order valence-electron chi connectivity index (χ3n) is 5.78. The number of benzene rings is 1. The van der Waals surface area contributed by atoms with Crippen LogP contribution in [0.2, 0.25) is 0 Å². The molecule has 1 saturated heterocycles. The molecule has 0 amide bonds. The first-order valence-corrected chi connectivity index (χ1v) is 10.5. The number of halogens is 1. The van der Waals surface area contributed by atoms with Crippen molar-refractivity contribution in [2.75, 3.05) is 30.7 Å². The van der Waals surface area contributed by atoms with Crippen molar-refractivity contribution in [1.29, 1.82) is 0 Å². The highest BCUT2D eigenvalue weighted by molar-refractivity contribution is 9.10. The molecule has 1 aliphatic carbocycles. The van der Waals surface area contributed by atoms with Gasteiger partial charge in [0.05, 0.1) is 17.5 Å². The minimum absolute atomic E-state index is 0.504. The summed E-state index contributed by atoms with van der Waals surface area (Å²) in [4.78, 5) is 2.70. The number of rotatable bonds is 5. The zero-order chi connectivity index (χ0) is 17.8. The van der Waals surface area contributed by atoms with Crippen molar-refractivity contribution < 1.29 is 4.74 Å². The predicted octanol–water partition coefficient (Wildman–Crippen LogP) is 4.56. The van der Waals surface area contributed by atoms with Crippen LogP contribution in [0, 0.1) is 6.92 Å². The minimum atomic E-state index is 0.504. The summed E-state index contributed by atoms with van der Waals surface area (Å²) < 4.78 is 6.86. The maximum atomic E-state index is 6.17. The van der Waals surface area contributed by atoms with Crippen LogP contribution in [-0.2, 0) is 4.74 Å². The SMILES string of the molecule is CCO[C@H]1CC[C@H](N2CCC(Nc3cc(C)c(Br)cc3N)CC2)CC1. The molecule has 1 saturated carbocycles. The molecule has 3 N–H and O–H groups in total. The van der Waals surface area contributed by atoms with E-state index < -0.39 is 0 Å². The van der Waals surface area contributed by atoms with E-state index in [1.54, 1.807) is 0 Å². The second kappa shape index (κ2) is 8.74. The van der Waals surface area contributed by atoms with Crippen LogP contribution < -0.4 is 11.1 Å². The van der Waals surface area contributed by atoms with Crippen molar-refractivity contribution >= 4 is 27.3 Å². The van der Waals surface area contributed by atoms with E-state index in [1.807, 2.05) is 6.07 Å². The van der Waals surface area contributed by atoms with Gasteiger partial charge in [-0.3, -0.25) is 0 Å². The highest BCUT2D eigenvalue weighted by atomic mass is 79.9. The summed E-state index contributed by atoms with van der Waals surface area (Å²) in [6.07, 6.45) is 7.93. The maximum Gasteiger partial charge on any atom is 0.0579 e. The van der Waals surface area contributed by atoms with E-state index >= 15 is 0 Å². The molecule has 0 spiro atoms. The number of anilines is 2. The fourth-order valence-corrected chi connectivity index (χ4v) is 4.62. The Balaban J connectivity index is 1.47. The normalized spacial score (nSPS) is 25.9. The van der Waals surface area contributed by atoms with Gasteiger partial charge in [-0.05, 0) is 70.1 Å². The van der Waals surface area contributed by atoms with E-state index in [4.69, 9.17) is 10.5 Å². The van der Waals surface area contributed by atoms with Crippen LogP contribution >= 0.6 is 15.9 Å². The topological polar surface area (TPSA) is 50.5 Å². The number of hydrogen-bond donors (Lipinski definition) is 2. The fourth-order valence-electron chi connectivity index (χ4n) is 4.26. The largest absolute Gasteiger partial charge is 0.397 e. The zero-order valence-corrected chi connectivity index (χ0v) is 17.1. The highest BCUT2D eigenvalue weighted by Crippen LogP contribution is 2.30. The quantitative estimate of drug-likeness (QED) is 0.699. The molecule has 1 heterocycles. The van der Waals surface area contributed by atoms with Crippen LogP contribution in [0.4, 0.5) is 11.4 Å². The number of nitrogens with zero attached hydrogens (tertiary/aromatic N) is 1. The lowest BCUT2D eigenvalue weighted by molar-refractivity contribution is 0.00994. The second-order valence-electron chi connectivity index (χ2n) is 7.53. The first-order valence-electron chi connectivity index (χ1n) is 9.74. The Bertz CT molecular complexity index is 564. The average molecular weight is 410 g/mol. The van der Waals surface area contributed by atoms with Gasteiger partial charge in [0.2, 0.25) is 0 Å². The van der Waals surface area contributed by atoms with Crippen molar-refractivity contribution in [3.05, 3.63) is 22.2 Å². The van der Waals surface area contributed by atoms with Crippen molar-refractivity contribution in [1.82, 2.24) is 4.90 Å². The molecular formula is C20H32BrN3O. The van der Waals surface area contributed by atoms with Crippen LogP contribution in [0.3, 0.4) is 0 Å². The molecule has 0 bridgehead atoms. The Morgan fingerprint density at radius 2 is 1.84 bits per heavy atom. The summed E-state index contributed by atoms with van der Waals surface area (Å²) in [6, 6.07) is 5.45. The molecule has 4 nitrogen and oxygen atoms in total. The van der Waals surface area contributed by atoms with Gasteiger partial charge in [-0.1, -0.05) is 15.9 Å². The van der Waals surface area contributed by atoms with Crippen LogP contribution in [0.5, 0.6) is 0 Å². The maximum absolute atomic E-state index is 6.17. The van der Waals surface area contributed by atoms with Crippen LogP contribution in [-0.4, -0.2) is 42.8 Å². The van der Waals surface area contributed by atoms with Gasteiger partial charge in [0.15, 0.2) is 0 Å². The van der Waals surface area contributed by atoms with Crippen molar-refractivity contribution in [2.45, 2.75) is 70.6 Å². The van der Waals surface area contributed by atoms with E-state index in [-0.39, 0.29) is 0 Å². The lowest BCUT2D eigenvalue weighted by atomic mass is 9.90. The molecule has 0 unspecified atom stereocenters. The number of ether oxygens (including phenoxy) is 1. The summed E-state index contributed by atoms with van der Waals surface area (Å²) in [5, 5.41) is 3.67. The molecule has 25 heavy (non-hydrogen) atoms. The first-order chi connectivity index (χ1) is 12.1. The van der Waals surface area contributed by atoms with E-state index in [1.165, 1.54) is 57.2 Å². The lowest BCUT2D eigenvalue weighted by Crippen LogP contribution is -2.46. The Hall–Kier alpha value is -0.780. The second-order valence-corrected chi connectivity index (χ2v) is 8.38. The van der Waals surface area contributed by atoms with E-state index in [9.17, 15) is 0 Å². The Morgan fingerprint density at radius 3 is 2.48 bits per heavy atom. The molecule has 1 aromatic carbocycles. The predicted molar refractivity (Wildman–Crippen MR) is 109 cm³/mol. The Kier molecular flexibility index (Phi) is 6.64. The molecule has 5 heteroatoms. The number of nitrogens with one attached hydrogen (secondary N) is 1. The number of aryl methyl sites for hydroxylation is 1. The number of nitrogen functional groups attached to an aromatic ring is 1. The van der Waals surface area contributed by atoms with Crippen LogP contribution in [0.15, 0.2) is 16.6 Å². The van der Waals surface area contributed by atoms with E-state index in [0.29, 0.717) is 12.1 Å². The van der Waals surface area contributed by atoms with Gasteiger partial charge < -0.3 is 20.7 Å². The summed E-state index contributed by atoms with van der Waals surface area (Å²) >= 11 is 3.55. The van der Waals surface area contributed by atoms with Gasteiger partial charge >= 0.3 is 0 Å². The zero-order valence-electron chi connectivity index (χ0n) is 15.6. The summed E-state index contributed by atoms with van der Waals surface area (Å²) in [5.41, 5.74) is 9.30. The van der Waals surface area contributed by atoms with E-state index in [0.717, 1.165) is 28.5 Å². The van der Waals surface area contributed by atoms with Crippen molar-refractivity contribution in [3.63, 3.8) is 0 Å². The number of nitrogens with two attached hydrogens (primary N) is 1. The summed E-state index contributed by atoms with van der Waals surface area (Å²) in [5.74, 6) is 0. The monoisotopic (exact) mass is 409 g/mol. The van der Waals surface area contributed by atoms with Gasteiger partial charge in [-0.15, -0.1) is 0 Å². The molecule has 0 atom stereocenters. The first kappa shape index (κ1) is 19.0. The third-order valence-corrected chi connectivity index (χ3v) is 6.64.